The topological polar surface area (TPSA) is 192 Å². The summed E-state index contributed by atoms with van der Waals surface area (Å²) in [5.41, 5.74) is 5.89. The molecule has 0 radical (unpaired) electrons. The van der Waals surface area contributed by atoms with Crippen LogP contribution in [0.15, 0.2) is 118 Å². The van der Waals surface area contributed by atoms with E-state index >= 15 is 0 Å². The first kappa shape index (κ1) is 29.5. The number of nitrogens with zero attached hydrogens (tertiary/aromatic N) is 4. The van der Waals surface area contributed by atoms with Gasteiger partial charge in [0.25, 0.3) is 5.56 Å². The van der Waals surface area contributed by atoms with Gasteiger partial charge in [0.05, 0.1) is 16.7 Å². The number of nitrogens with one attached hydrogen (secondary N) is 1. The van der Waals surface area contributed by atoms with Gasteiger partial charge < -0.3 is 18.9 Å². The predicted octanol–water partition coefficient (Wildman–Crippen LogP) is 3.38. The van der Waals surface area contributed by atoms with Crippen LogP contribution in [0.4, 0.5) is 0 Å². The summed E-state index contributed by atoms with van der Waals surface area (Å²) < 4.78 is 23.9. The van der Waals surface area contributed by atoms with Gasteiger partial charge in [-0.05, 0) is 41.9 Å². The Morgan fingerprint density at radius 2 is 1.34 bits per heavy atom. The van der Waals surface area contributed by atoms with Crippen molar-refractivity contribution in [1.82, 2.24) is 9.55 Å². The molecule has 5 rings (SSSR count). The van der Waals surface area contributed by atoms with Crippen LogP contribution in [-0.4, -0.2) is 52.0 Å². The van der Waals surface area contributed by atoms with Gasteiger partial charge in [0.2, 0.25) is 5.72 Å². The Kier molecular flexibility index (Phi) is 8.65. The molecule has 44 heavy (non-hydrogen) atoms. The fourth-order valence-corrected chi connectivity index (χ4v) is 4.52. The molecule has 14 nitrogen and oxygen atoms in total. The lowest BCUT2D eigenvalue weighted by molar-refractivity contribution is -0.129. The van der Waals surface area contributed by atoms with Gasteiger partial charge in [-0.1, -0.05) is 59.7 Å². The number of hydrogen-bond acceptors (Lipinski definition) is 10. The average molecular weight is 598 g/mol. The first-order valence-electron chi connectivity index (χ1n) is 13.1. The number of H-pyrrole nitrogens is 1. The minimum atomic E-state index is -2.36. The standard InChI is InChI=1S/C30H23N5O9/c31-34-33-30(18-41-26(37)19-10-4-1-5-11-19)24(43-28(39)21-14-8-3-9-15-21)23(42-27(38)20-12-6-2-7-13-20)25(44-30)35-17-16-22(36)32-29(35)40/h1-17,23-25H,18H2,(H,32,36,40)/t23-,24+,25-,30-/m1/s1. The Bertz CT molecular complexity index is 1820. The van der Waals surface area contributed by atoms with E-state index in [9.17, 15) is 29.5 Å². The lowest BCUT2D eigenvalue weighted by atomic mass is 10.0. The molecular weight excluding hydrogens is 574 g/mol. The van der Waals surface area contributed by atoms with Gasteiger partial charge in [0.1, 0.15) is 6.61 Å². The van der Waals surface area contributed by atoms with Crippen molar-refractivity contribution in [2.24, 2.45) is 5.11 Å². The van der Waals surface area contributed by atoms with Gasteiger partial charge in [-0.15, -0.1) is 0 Å². The SMILES string of the molecule is [N-]=[N+]=N[C@]1(COC(=O)c2ccccc2)O[C@@H](n2ccc(=O)[nH]c2=O)[C@H](OC(=O)c2ccccc2)[C@@H]1OC(=O)c1ccccc1. The summed E-state index contributed by atoms with van der Waals surface area (Å²) in [4.78, 5) is 69.1. The molecule has 4 aromatic rings. The molecule has 0 bridgehead atoms. The molecule has 2 heterocycles. The molecule has 0 amide bonds. The zero-order chi connectivity index (χ0) is 31.1. The maximum atomic E-state index is 13.3. The van der Waals surface area contributed by atoms with E-state index in [1.807, 2.05) is 0 Å². The highest BCUT2D eigenvalue weighted by Crippen LogP contribution is 2.42. The average Bonchev–Trinajstić information content (AvgIpc) is 3.33. The van der Waals surface area contributed by atoms with Crippen LogP contribution < -0.4 is 11.2 Å². The van der Waals surface area contributed by atoms with E-state index < -0.39 is 59.9 Å². The van der Waals surface area contributed by atoms with Gasteiger partial charge in [-0.25, -0.2) is 19.2 Å². The Balaban J connectivity index is 1.61. The normalized spacial score (nSPS) is 20.6. The maximum Gasteiger partial charge on any atom is 0.338 e. The molecule has 1 N–H and O–H groups in total. The van der Waals surface area contributed by atoms with Crippen LogP contribution in [0.5, 0.6) is 0 Å². The summed E-state index contributed by atoms with van der Waals surface area (Å²) in [6.07, 6.45) is -4.01. The van der Waals surface area contributed by atoms with Crippen molar-refractivity contribution in [3.8, 4) is 0 Å². The van der Waals surface area contributed by atoms with Gasteiger partial charge in [0.15, 0.2) is 18.4 Å². The summed E-state index contributed by atoms with van der Waals surface area (Å²) in [5.74, 6) is -2.67. The van der Waals surface area contributed by atoms with Crippen molar-refractivity contribution in [3.63, 3.8) is 0 Å². The zero-order valence-electron chi connectivity index (χ0n) is 22.7. The predicted molar refractivity (Wildman–Crippen MR) is 151 cm³/mol. The van der Waals surface area contributed by atoms with Crippen LogP contribution in [0, 0.1) is 0 Å². The third-order valence-electron chi connectivity index (χ3n) is 6.60. The Morgan fingerprint density at radius 1 is 0.818 bits per heavy atom. The number of rotatable bonds is 9. The molecule has 222 valence electrons. The lowest BCUT2D eigenvalue weighted by Gasteiger charge is -2.29. The first-order valence-corrected chi connectivity index (χ1v) is 13.1. The van der Waals surface area contributed by atoms with E-state index in [0.717, 1.165) is 16.8 Å². The Hall–Kier alpha value is -5.98. The van der Waals surface area contributed by atoms with Crippen molar-refractivity contribution in [2.45, 2.75) is 24.2 Å². The van der Waals surface area contributed by atoms with E-state index in [-0.39, 0.29) is 16.7 Å². The molecule has 1 aromatic heterocycles. The van der Waals surface area contributed by atoms with Crippen LogP contribution in [0.25, 0.3) is 10.4 Å². The first-order chi connectivity index (χ1) is 21.3. The number of carbonyl (C=O) groups is 3. The molecular formula is C30H23N5O9. The zero-order valence-corrected chi connectivity index (χ0v) is 22.7. The summed E-state index contributed by atoms with van der Waals surface area (Å²) >= 11 is 0. The van der Waals surface area contributed by atoms with Crippen LogP contribution in [-0.2, 0) is 18.9 Å². The monoisotopic (exact) mass is 597 g/mol. The summed E-state index contributed by atoms with van der Waals surface area (Å²) in [6, 6.07) is 24.4. The van der Waals surface area contributed by atoms with E-state index in [1.54, 1.807) is 54.6 Å². The van der Waals surface area contributed by atoms with E-state index in [4.69, 9.17) is 18.9 Å². The molecule has 1 aliphatic heterocycles. The summed E-state index contributed by atoms with van der Waals surface area (Å²) in [7, 11) is 0. The minimum absolute atomic E-state index is 0.0846. The van der Waals surface area contributed by atoms with Gasteiger partial charge in [0, 0.05) is 17.2 Å². The quantitative estimate of drug-likeness (QED) is 0.0990. The van der Waals surface area contributed by atoms with Crippen molar-refractivity contribution < 1.29 is 33.3 Å². The van der Waals surface area contributed by atoms with Crippen LogP contribution in [0.1, 0.15) is 37.3 Å². The van der Waals surface area contributed by atoms with Gasteiger partial charge in [-0.3, -0.25) is 14.3 Å². The molecule has 1 fully saturated rings. The third kappa shape index (κ3) is 6.26. The van der Waals surface area contributed by atoms with Gasteiger partial charge >= 0.3 is 23.6 Å². The minimum Gasteiger partial charge on any atom is -0.459 e. The fourth-order valence-electron chi connectivity index (χ4n) is 4.52. The van der Waals surface area contributed by atoms with Gasteiger partial charge in [-0.2, -0.15) is 0 Å². The van der Waals surface area contributed by atoms with Crippen LogP contribution in [0.2, 0.25) is 0 Å². The molecule has 4 atom stereocenters. The highest BCUT2D eigenvalue weighted by Gasteiger charge is 2.61. The lowest BCUT2D eigenvalue weighted by Crippen LogP contribution is -2.49. The molecule has 1 aliphatic rings. The third-order valence-corrected chi connectivity index (χ3v) is 6.60. The summed E-state index contributed by atoms with van der Waals surface area (Å²) in [5, 5.41) is 3.73. The van der Waals surface area contributed by atoms with Crippen LogP contribution in [0.3, 0.4) is 0 Å². The Labute approximate surface area is 248 Å². The second-order valence-corrected chi connectivity index (χ2v) is 9.43. The van der Waals surface area contributed by atoms with E-state index in [2.05, 4.69) is 15.0 Å². The van der Waals surface area contributed by atoms with E-state index in [0.29, 0.717) is 0 Å². The number of carbonyl (C=O) groups excluding carboxylic acids is 3. The van der Waals surface area contributed by atoms with Crippen molar-refractivity contribution >= 4 is 17.9 Å². The smallest absolute Gasteiger partial charge is 0.338 e. The molecule has 1 saturated heterocycles. The number of hydrogen-bond donors (Lipinski definition) is 1. The molecule has 0 spiro atoms. The fraction of sp³-hybridized carbons (Fsp3) is 0.167. The molecule has 0 aliphatic carbocycles. The molecule has 3 aromatic carbocycles. The highest BCUT2D eigenvalue weighted by atomic mass is 16.7. The number of ether oxygens (including phenoxy) is 4. The second kappa shape index (κ2) is 12.9. The number of aromatic nitrogens is 2. The summed E-state index contributed by atoms with van der Waals surface area (Å²) in [6.45, 7) is -0.828. The number of aromatic amines is 1. The van der Waals surface area contributed by atoms with Crippen molar-refractivity contribution in [2.75, 3.05) is 6.61 Å². The Morgan fingerprint density at radius 3 is 1.86 bits per heavy atom. The molecule has 14 heteroatoms. The number of esters is 3. The van der Waals surface area contributed by atoms with E-state index in [1.165, 1.54) is 36.4 Å². The molecule has 0 unspecified atom stereocenters. The largest absolute Gasteiger partial charge is 0.459 e. The van der Waals surface area contributed by atoms with Crippen molar-refractivity contribution in [1.29, 1.82) is 0 Å². The number of azide groups is 1. The second-order valence-electron chi connectivity index (χ2n) is 9.43. The van der Waals surface area contributed by atoms with Crippen molar-refractivity contribution in [3.05, 3.63) is 151 Å². The number of benzene rings is 3. The highest BCUT2D eigenvalue weighted by molar-refractivity contribution is 5.91. The maximum absolute atomic E-state index is 13.3. The van der Waals surface area contributed by atoms with Crippen LogP contribution >= 0.6 is 0 Å². The molecule has 0 saturated carbocycles.